The molecular weight excluding hydrogens is 308 g/mol. The van der Waals surface area contributed by atoms with Gasteiger partial charge in [-0.15, -0.1) is 5.10 Å². The molecule has 2 aromatic rings. The SMILES string of the molecule is CCCCn1nnnc1CN1C(=O)N[C@H](Cc2ccccc2)C1=O. The molecule has 126 valence electrons. The van der Waals surface area contributed by atoms with Gasteiger partial charge in [0, 0.05) is 13.0 Å². The first-order valence-corrected chi connectivity index (χ1v) is 8.10. The van der Waals surface area contributed by atoms with Gasteiger partial charge in [0.1, 0.15) is 6.04 Å². The van der Waals surface area contributed by atoms with Crippen LogP contribution < -0.4 is 5.32 Å². The Morgan fingerprint density at radius 1 is 1.21 bits per heavy atom. The quantitative estimate of drug-likeness (QED) is 0.769. The third-order valence-corrected chi connectivity index (χ3v) is 4.02. The maximum absolute atomic E-state index is 12.5. The summed E-state index contributed by atoms with van der Waals surface area (Å²) in [6, 6.07) is 8.68. The minimum absolute atomic E-state index is 0.0900. The molecule has 3 amide bonds. The van der Waals surface area contributed by atoms with Crippen molar-refractivity contribution < 1.29 is 9.59 Å². The second-order valence-electron chi connectivity index (χ2n) is 5.79. The van der Waals surface area contributed by atoms with E-state index >= 15 is 0 Å². The van der Waals surface area contributed by atoms with Crippen LogP contribution in [0, 0.1) is 0 Å². The number of hydrogen-bond acceptors (Lipinski definition) is 5. The molecule has 1 aromatic heterocycles. The molecule has 1 aliphatic rings. The van der Waals surface area contributed by atoms with Crippen molar-refractivity contribution in [1.82, 2.24) is 30.4 Å². The summed E-state index contributed by atoms with van der Waals surface area (Å²) in [6.45, 7) is 2.85. The maximum Gasteiger partial charge on any atom is 0.325 e. The van der Waals surface area contributed by atoms with Gasteiger partial charge in [-0.25, -0.2) is 9.48 Å². The van der Waals surface area contributed by atoms with Gasteiger partial charge in [-0.2, -0.15) is 0 Å². The zero-order valence-corrected chi connectivity index (χ0v) is 13.6. The van der Waals surface area contributed by atoms with Gasteiger partial charge in [0.2, 0.25) is 0 Å². The number of amides is 3. The van der Waals surface area contributed by atoms with E-state index in [-0.39, 0.29) is 12.5 Å². The maximum atomic E-state index is 12.5. The molecule has 0 spiro atoms. The zero-order valence-electron chi connectivity index (χ0n) is 13.6. The van der Waals surface area contributed by atoms with Crippen LogP contribution in [0.5, 0.6) is 0 Å². The summed E-state index contributed by atoms with van der Waals surface area (Å²) in [5.41, 5.74) is 1.01. The molecule has 0 radical (unpaired) electrons. The van der Waals surface area contributed by atoms with E-state index < -0.39 is 12.1 Å². The van der Waals surface area contributed by atoms with Crippen molar-refractivity contribution in [2.24, 2.45) is 0 Å². The molecular formula is C16H20N6O2. The summed E-state index contributed by atoms with van der Waals surface area (Å²) in [7, 11) is 0. The average Bonchev–Trinajstić information content (AvgIpc) is 3.14. The molecule has 2 heterocycles. The predicted molar refractivity (Wildman–Crippen MR) is 85.7 cm³/mol. The van der Waals surface area contributed by atoms with Crippen LogP contribution >= 0.6 is 0 Å². The molecule has 8 heteroatoms. The molecule has 0 bridgehead atoms. The number of hydrogen-bond donors (Lipinski definition) is 1. The molecule has 8 nitrogen and oxygen atoms in total. The van der Waals surface area contributed by atoms with Crippen molar-refractivity contribution in [3.63, 3.8) is 0 Å². The summed E-state index contributed by atoms with van der Waals surface area (Å²) in [5, 5.41) is 14.2. The Kier molecular flexibility index (Phi) is 4.83. The number of urea groups is 1. The van der Waals surface area contributed by atoms with E-state index in [1.165, 1.54) is 4.90 Å². The average molecular weight is 328 g/mol. The van der Waals surface area contributed by atoms with Crippen molar-refractivity contribution in [2.75, 3.05) is 0 Å². The summed E-state index contributed by atoms with van der Waals surface area (Å²) in [6.07, 6.45) is 2.43. The van der Waals surface area contributed by atoms with Gasteiger partial charge in [-0.05, 0) is 22.4 Å². The fourth-order valence-electron chi connectivity index (χ4n) is 2.67. The van der Waals surface area contributed by atoms with E-state index in [0.29, 0.717) is 18.8 Å². The lowest BCUT2D eigenvalue weighted by molar-refractivity contribution is -0.127. The van der Waals surface area contributed by atoms with Crippen LogP contribution in [0.3, 0.4) is 0 Å². The Morgan fingerprint density at radius 3 is 2.75 bits per heavy atom. The standard InChI is InChI=1S/C16H20N6O2/c1-2-3-9-22-14(18-19-20-22)11-21-15(23)13(17-16(21)24)10-12-7-5-4-6-8-12/h4-8,13H,2-3,9-11H2,1H3,(H,17,24)/t13-/m1/s1. The number of nitrogens with one attached hydrogen (secondary N) is 1. The van der Waals surface area contributed by atoms with Crippen molar-refractivity contribution in [3.8, 4) is 0 Å². The van der Waals surface area contributed by atoms with Gasteiger partial charge < -0.3 is 5.32 Å². The normalized spacial score (nSPS) is 17.4. The molecule has 0 unspecified atom stereocenters. The minimum atomic E-state index is -0.542. The number of benzene rings is 1. The number of unbranched alkanes of at least 4 members (excludes halogenated alkanes) is 1. The van der Waals surface area contributed by atoms with Gasteiger partial charge in [0.05, 0.1) is 6.54 Å². The van der Waals surface area contributed by atoms with Crippen LogP contribution in [0.4, 0.5) is 4.79 Å². The van der Waals surface area contributed by atoms with Gasteiger partial charge in [0.25, 0.3) is 5.91 Å². The van der Waals surface area contributed by atoms with Crippen molar-refractivity contribution in [3.05, 3.63) is 41.7 Å². The number of tetrazole rings is 1. The molecule has 1 atom stereocenters. The van der Waals surface area contributed by atoms with Crippen LogP contribution in [0.15, 0.2) is 30.3 Å². The van der Waals surface area contributed by atoms with E-state index in [4.69, 9.17) is 0 Å². The first-order valence-electron chi connectivity index (χ1n) is 8.10. The smallest absolute Gasteiger partial charge is 0.325 e. The van der Waals surface area contributed by atoms with Crippen molar-refractivity contribution >= 4 is 11.9 Å². The van der Waals surface area contributed by atoms with E-state index in [2.05, 4.69) is 27.8 Å². The number of carbonyl (C=O) groups excluding carboxylic acids is 2. The molecule has 1 fully saturated rings. The molecule has 1 aromatic carbocycles. The van der Waals surface area contributed by atoms with Crippen LogP contribution in [-0.2, 0) is 24.3 Å². The Labute approximate surface area is 139 Å². The fraction of sp³-hybridized carbons (Fsp3) is 0.438. The van der Waals surface area contributed by atoms with E-state index in [1.807, 2.05) is 30.3 Å². The molecule has 3 rings (SSSR count). The lowest BCUT2D eigenvalue weighted by atomic mass is 10.1. The number of rotatable bonds is 7. The summed E-state index contributed by atoms with van der Waals surface area (Å²) in [4.78, 5) is 25.9. The highest BCUT2D eigenvalue weighted by atomic mass is 16.2. The Hall–Kier alpha value is -2.77. The number of nitrogens with zero attached hydrogens (tertiary/aromatic N) is 5. The highest BCUT2D eigenvalue weighted by Gasteiger charge is 2.38. The molecule has 24 heavy (non-hydrogen) atoms. The van der Waals surface area contributed by atoms with Crippen LogP contribution in [0.1, 0.15) is 31.2 Å². The molecule has 0 saturated carbocycles. The van der Waals surface area contributed by atoms with Crippen LogP contribution in [-0.4, -0.2) is 43.1 Å². The highest BCUT2D eigenvalue weighted by Crippen LogP contribution is 2.14. The molecule has 0 aliphatic carbocycles. The largest absolute Gasteiger partial charge is 0.325 e. The minimum Gasteiger partial charge on any atom is -0.325 e. The van der Waals surface area contributed by atoms with Gasteiger partial charge in [-0.3, -0.25) is 9.69 Å². The topological polar surface area (TPSA) is 93.0 Å². The van der Waals surface area contributed by atoms with E-state index in [1.54, 1.807) is 4.68 Å². The second kappa shape index (κ2) is 7.20. The van der Waals surface area contributed by atoms with E-state index in [0.717, 1.165) is 18.4 Å². The highest BCUT2D eigenvalue weighted by molar-refractivity contribution is 6.04. The van der Waals surface area contributed by atoms with E-state index in [9.17, 15) is 9.59 Å². The van der Waals surface area contributed by atoms with Crippen LogP contribution in [0.25, 0.3) is 0 Å². The number of aryl methyl sites for hydroxylation is 1. The zero-order chi connectivity index (χ0) is 16.9. The number of carbonyl (C=O) groups is 2. The monoisotopic (exact) mass is 328 g/mol. The summed E-state index contributed by atoms with van der Waals surface area (Å²) in [5.74, 6) is 0.279. The predicted octanol–water partition coefficient (Wildman–Crippen LogP) is 1.14. The number of imide groups is 1. The third-order valence-electron chi connectivity index (χ3n) is 4.02. The Bertz CT molecular complexity index is 714. The Morgan fingerprint density at radius 2 is 2.00 bits per heavy atom. The molecule has 1 N–H and O–H groups in total. The molecule has 1 saturated heterocycles. The lowest BCUT2D eigenvalue weighted by Gasteiger charge is -2.12. The number of aromatic nitrogens is 4. The molecule has 1 aliphatic heterocycles. The summed E-state index contributed by atoms with van der Waals surface area (Å²) < 4.78 is 1.65. The van der Waals surface area contributed by atoms with Crippen molar-refractivity contribution in [2.45, 2.75) is 45.3 Å². The summed E-state index contributed by atoms with van der Waals surface area (Å²) >= 11 is 0. The fourth-order valence-corrected chi connectivity index (χ4v) is 2.67. The van der Waals surface area contributed by atoms with Gasteiger partial charge in [0.15, 0.2) is 5.82 Å². The first kappa shape index (κ1) is 16.1. The van der Waals surface area contributed by atoms with Crippen molar-refractivity contribution in [1.29, 1.82) is 0 Å². The van der Waals surface area contributed by atoms with Gasteiger partial charge >= 0.3 is 6.03 Å². The van der Waals surface area contributed by atoms with Gasteiger partial charge in [-0.1, -0.05) is 43.7 Å². The van der Waals surface area contributed by atoms with Crippen LogP contribution in [0.2, 0.25) is 0 Å². The second-order valence-corrected chi connectivity index (χ2v) is 5.79. The first-order chi connectivity index (χ1) is 11.7. The third kappa shape index (κ3) is 3.42. The Balaban J connectivity index is 1.67. The lowest BCUT2D eigenvalue weighted by Crippen LogP contribution is -2.33.